The summed E-state index contributed by atoms with van der Waals surface area (Å²) >= 11 is 0. The number of aromatic nitrogens is 1. The number of aryl methyl sites for hydroxylation is 1. The van der Waals surface area contributed by atoms with Gasteiger partial charge in [0.15, 0.2) is 0 Å². The fourth-order valence-corrected chi connectivity index (χ4v) is 4.52. The first-order chi connectivity index (χ1) is 16.2. The molecule has 162 valence electrons. The number of carbonyl (C=O) groups excluding carboxylic acids is 1. The van der Waals surface area contributed by atoms with Crippen LogP contribution in [0.25, 0.3) is 21.9 Å². The molecular formula is C28H22N2O3. The normalized spacial score (nSPS) is 13.3. The van der Waals surface area contributed by atoms with Crippen molar-refractivity contribution < 1.29 is 13.9 Å². The Morgan fingerprint density at radius 2 is 1.85 bits per heavy atom. The molecule has 0 fully saturated rings. The summed E-state index contributed by atoms with van der Waals surface area (Å²) in [5.74, 6) is 0.240. The van der Waals surface area contributed by atoms with Crippen molar-refractivity contribution in [1.82, 2.24) is 4.98 Å². The van der Waals surface area contributed by atoms with Crippen molar-refractivity contribution in [2.75, 3.05) is 11.4 Å². The first-order valence-corrected chi connectivity index (χ1v) is 11.1. The van der Waals surface area contributed by atoms with E-state index in [-0.39, 0.29) is 12.6 Å². The summed E-state index contributed by atoms with van der Waals surface area (Å²) in [7, 11) is 0. The Hall–Kier alpha value is -4.12. The predicted octanol–water partition coefficient (Wildman–Crippen LogP) is 6.42. The number of ether oxygens (including phenoxy) is 1. The Morgan fingerprint density at radius 3 is 2.79 bits per heavy atom. The van der Waals surface area contributed by atoms with Crippen LogP contribution in [0.1, 0.15) is 28.1 Å². The van der Waals surface area contributed by atoms with E-state index in [2.05, 4.69) is 40.2 Å². The maximum absolute atomic E-state index is 12.7. The summed E-state index contributed by atoms with van der Waals surface area (Å²) in [4.78, 5) is 19.7. The van der Waals surface area contributed by atoms with Crippen LogP contribution in [-0.2, 0) is 17.8 Å². The minimum Gasteiger partial charge on any atom is -0.457 e. The summed E-state index contributed by atoms with van der Waals surface area (Å²) in [6.45, 7) is 1.04. The molecule has 0 radical (unpaired) electrons. The molecule has 0 spiro atoms. The summed E-state index contributed by atoms with van der Waals surface area (Å²) in [6, 6.07) is 25.7. The van der Waals surface area contributed by atoms with Gasteiger partial charge in [-0.15, -0.1) is 0 Å². The Balaban J connectivity index is 1.25. The van der Waals surface area contributed by atoms with Gasteiger partial charge in [0.05, 0.1) is 23.0 Å². The Kier molecular flexibility index (Phi) is 4.80. The van der Waals surface area contributed by atoms with Gasteiger partial charge in [0.2, 0.25) is 0 Å². The van der Waals surface area contributed by atoms with E-state index >= 15 is 0 Å². The lowest BCUT2D eigenvalue weighted by Crippen LogP contribution is -2.24. The largest absolute Gasteiger partial charge is 0.457 e. The number of furan rings is 1. The molecule has 3 aromatic carbocycles. The number of nitrogens with zero attached hydrogens (tertiary/aromatic N) is 2. The van der Waals surface area contributed by atoms with Crippen molar-refractivity contribution in [1.29, 1.82) is 0 Å². The highest BCUT2D eigenvalue weighted by Crippen LogP contribution is 2.34. The van der Waals surface area contributed by atoms with Crippen LogP contribution in [0.3, 0.4) is 0 Å². The van der Waals surface area contributed by atoms with Gasteiger partial charge in [-0.3, -0.25) is 4.98 Å². The second kappa shape index (κ2) is 8.10. The van der Waals surface area contributed by atoms with Gasteiger partial charge in [-0.25, -0.2) is 4.79 Å². The average molecular weight is 434 g/mol. The van der Waals surface area contributed by atoms with Crippen molar-refractivity contribution in [2.24, 2.45) is 0 Å². The van der Waals surface area contributed by atoms with Gasteiger partial charge in [0, 0.05) is 23.0 Å². The molecule has 0 aliphatic carbocycles. The molecule has 2 aromatic heterocycles. The Labute approximate surface area is 191 Å². The van der Waals surface area contributed by atoms with E-state index in [1.807, 2.05) is 48.7 Å². The molecule has 0 saturated carbocycles. The third-order valence-corrected chi connectivity index (χ3v) is 6.15. The van der Waals surface area contributed by atoms with Crippen molar-refractivity contribution in [3.63, 3.8) is 0 Å². The highest BCUT2D eigenvalue weighted by Gasteiger charge is 2.19. The van der Waals surface area contributed by atoms with Gasteiger partial charge in [-0.2, -0.15) is 0 Å². The third-order valence-electron chi connectivity index (χ3n) is 6.15. The van der Waals surface area contributed by atoms with E-state index in [1.165, 1.54) is 11.3 Å². The minimum atomic E-state index is -0.383. The van der Waals surface area contributed by atoms with Gasteiger partial charge in [0.25, 0.3) is 0 Å². The zero-order chi connectivity index (χ0) is 22.2. The topological polar surface area (TPSA) is 55.6 Å². The second-order valence-electron chi connectivity index (χ2n) is 8.31. The number of esters is 1. The van der Waals surface area contributed by atoms with Gasteiger partial charge in [-0.05, 0) is 60.9 Å². The monoisotopic (exact) mass is 434 g/mol. The predicted molar refractivity (Wildman–Crippen MR) is 129 cm³/mol. The fourth-order valence-electron chi connectivity index (χ4n) is 4.52. The van der Waals surface area contributed by atoms with E-state index in [4.69, 9.17) is 9.15 Å². The standard InChI is InChI=1S/C28H22N2O3/c31-28(32-18-24-16-20-7-2-4-10-27(20)33-24)21-11-12-25-22(14-21)15-23(17-29-25)30-13-5-8-19-6-1-3-9-26(19)30/h1-4,6-7,9-12,14-17H,5,8,13,18H2. The van der Waals surface area contributed by atoms with Crippen LogP contribution in [0.4, 0.5) is 11.4 Å². The number of hydrogen-bond donors (Lipinski definition) is 0. The highest BCUT2D eigenvalue weighted by molar-refractivity contribution is 5.95. The summed E-state index contributed by atoms with van der Waals surface area (Å²) in [5, 5.41) is 1.90. The maximum atomic E-state index is 12.7. The van der Waals surface area contributed by atoms with Gasteiger partial charge >= 0.3 is 5.97 Å². The number of para-hydroxylation sites is 2. The van der Waals surface area contributed by atoms with Crippen molar-refractivity contribution in [3.05, 3.63) is 102 Å². The molecule has 0 unspecified atom stereocenters. The maximum Gasteiger partial charge on any atom is 0.338 e. The third kappa shape index (κ3) is 3.72. The molecule has 0 N–H and O–H groups in total. The van der Waals surface area contributed by atoms with E-state index in [0.717, 1.165) is 46.9 Å². The summed E-state index contributed by atoms with van der Waals surface area (Å²) in [5.41, 5.74) is 5.74. The molecule has 0 amide bonds. The van der Waals surface area contributed by atoms with Gasteiger partial charge in [-0.1, -0.05) is 36.4 Å². The molecule has 1 aliphatic heterocycles. The number of benzene rings is 3. The molecule has 33 heavy (non-hydrogen) atoms. The Morgan fingerprint density at radius 1 is 0.970 bits per heavy atom. The molecule has 0 bridgehead atoms. The number of fused-ring (bicyclic) bond motifs is 3. The fraction of sp³-hybridized carbons (Fsp3) is 0.143. The number of anilines is 2. The average Bonchev–Trinajstić information content (AvgIpc) is 3.29. The molecule has 1 aliphatic rings. The smallest absolute Gasteiger partial charge is 0.338 e. The van der Waals surface area contributed by atoms with Crippen LogP contribution in [0, 0.1) is 0 Å². The van der Waals surface area contributed by atoms with Crippen LogP contribution in [-0.4, -0.2) is 17.5 Å². The van der Waals surface area contributed by atoms with E-state index in [9.17, 15) is 4.79 Å². The lowest BCUT2D eigenvalue weighted by molar-refractivity contribution is 0.0448. The van der Waals surface area contributed by atoms with E-state index < -0.39 is 0 Å². The second-order valence-corrected chi connectivity index (χ2v) is 8.31. The molecule has 5 nitrogen and oxygen atoms in total. The number of hydrogen-bond acceptors (Lipinski definition) is 5. The van der Waals surface area contributed by atoms with Crippen LogP contribution in [0.2, 0.25) is 0 Å². The molecule has 0 atom stereocenters. The molecule has 0 saturated heterocycles. The zero-order valence-electron chi connectivity index (χ0n) is 18.0. The van der Waals surface area contributed by atoms with E-state index in [0.29, 0.717) is 11.3 Å². The van der Waals surface area contributed by atoms with Crippen LogP contribution >= 0.6 is 0 Å². The summed E-state index contributed by atoms with van der Waals surface area (Å²) in [6.07, 6.45) is 4.10. The number of rotatable bonds is 4. The highest BCUT2D eigenvalue weighted by atomic mass is 16.5. The lowest BCUT2D eigenvalue weighted by Gasteiger charge is -2.31. The first-order valence-electron chi connectivity index (χ1n) is 11.1. The molecule has 5 heteroatoms. The molecular weight excluding hydrogens is 412 g/mol. The SMILES string of the molecule is O=C(OCc1cc2ccccc2o1)c1ccc2ncc(N3CCCc4ccccc43)cc2c1. The molecule has 6 rings (SSSR count). The minimum absolute atomic E-state index is 0.0917. The zero-order valence-corrected chi connectivity index (χ0v) is 18.0. The number of pyridine rings is 1. The summed E-state index contributed by atoms with van der Waals surface area (Å²) < 4.78 is 11.3. The van der Waals surface area contributed by atoms with Crippen LogP contribution in [0.15, 0.2) is 89.5 Å². The van der Waals surface area contributed by atoms with Crippen LogP contribution in [0.5, 0.6) is 0 Å². The molecule has 3 heterocycles. The van der Waals surface area contributed by atoms with Crippen molar-refractivity contribution in [3.8, 4) is 0 Å². The first kappa shape index (κ1) is 19.6. The van der Waals surface area contributed by atoms with Crippen molar-refractivity contribution >= 4 is 39.2 Å². The van der Waals surface area contributed by atoms with Crippen molar-refractivity contribution in [2.45, 2.75) is 19.4 Å². The Bertz CT molecular complexity index is 1450. The number of carbonyl (C=O) groups is 1. The molecule has 5 aromatic rings. The van der Waals surface area contributed by atoms with Gasteiger partial charge < -0.3 is 14.1 Å². The van der Waals surface area contributed by atoms with Gasteiger partial charge in [0.1, 0.15) is 18.0 Å². The van der Waals surface area contributed by atoms with Crippen LogP contribution < -0.4 is 4.90 Å². The quantitative estimate of drug-likeness (QED) is 0.305. The van der Waals surface area contributed by atoms with E-state index in [1.54, 1.807) is 6.07 Å². The lowest BCUT2D eigenvalue weighted by atomic mass is 10.0.